The van der Waals surface area contributed by atoms with Crippen LogP contribution in [0.15, 0.2) is 60.1 Å². The van der Waals surface area contributed by atoms with Crippen LogP contribution < -0.4 is 20.9 Å². The van der Waals surface area contributed by atoms with E-state index in [1.807, 2.05) is 13.8 Å². The van der Waals surface area contributed by atoms with Crippen molar-refractivity contribution in [3.63, 3.8) is 0 Å². The number of alkyl halides is 3. The normalized spacial score (nSPS) is 20.1. The van der Waals surface area contributed by atoms with Crippen LogP contribution in [0.2, 0.25) is 0 Å². The molecule has 4 rings (SSSR count). The van der Waals surface area contributed by atoms with Crippen LogP contribution >= 0.6 is 0 Å². The van der Waals surface area contributed by atoms with Gasteiger partial charge in [0.15, 0.2) is 0 Å². The van der Waals surface area contributed by atoms with Crippen LogP contribution in [0.5, 0.6) is 0 Å². The van der Waals surface area contributed by atoms with E-state index in [9.17, 15) is 22.4 Å². The van der Waals surface area contributed by atoms with E-state index in [4.69, 9.17) is 0 Å². The number of hydrogen-bond acceptors (Lipinski definition) is 7. The molecule has 7 nitrogen and oxygen atoms in total. The van der Waals surface area contributed by atoms with Crippen molar-refractivity contribution in [1.29, 1.82) is 0 Å². The molecule has 0 saturated carbocycles. The van der Waals surface area contributed by atoms with Gasteiger partial charge < -0.3 is 20.3 Å². The van der Waals surface area contributed by atoms with E-state index in [1.54, 1.807) is 18.3 Å². The maximum absolute atomic E-state index is 14.5. The van der Waals surface area contributed by atoms with Crippen molar-refractivity contribution in [2.75, 3.05) is 23.9 Å². The Morgan fingerprint density at radius 1 is 1.28 bits per heavy atom. The molecule has 36 heavy (non-hydrogen) atoms. The minimum absolute atomic E-state index is 0.155. The number of pyridine rings is 1. The average molecular weight is 506 g/mol. The number of methoxy groups -OCH3 is 1. The first-order valence-electron chi connectivity index (χ1n) is 11.5. The molecule has 2 aromatic rings. The van der Waals surface area contributed by atoms with E-state index in [0.29, 0.717) is 12.1 Å². The Kier molecular flexibility index (Phi) is 7.21. The van der Waals surface area contributed by atoms with Crippen LogP contribution in [0, 0.1) is 11.7 Å². The summed E-state index contributed by atoms with van der Waals surface area (Å²) in [5.41, 5.74) is 1.08. The topological polar surface area (TPSA) is 78.5 Å². The predicted molar refractivity (Wildman–Crippen MR) is 127 cm³/mol. The quantitative estimate of drug-likeness (QED) is 0.405. The Bertz CT molecular complexity index is 1200. The van der Waals surface area contributed by atoms with Crippen molar-refractivity contribution in [1.82, 2.24) is 15.6 Å². The summed E-state index contributed by atoms with van der Waals surface area (Å²) in [6, 6.07) is 6.41. The summed E-state index contributed by atoms with van der Waals surface area (Å²) in [5.74, 6) is -1.50. The van der Waals surface area contributed by atoms with Gasteiger partial charge in [-0.15, -0.1) is 0 Å². The van der Waals surface area contributed by atoms with Gasteiger partial charge in [-0.05, 0) is 54.3 Å². The van der Waals surface area contributed by atoms with Gasteiger partial charge in [0.05, 0.1) is 24.4 Å². The molecule has 0 aliphatic carbocycles. The lowest BCUT2D eigenvalue weighted by molar-refractivity contribution is -0.137. The molecule has 0 spiro atoms. The number of benzene rings is 1. The summed E-state index contributed by atoms with van der Waals surface area (Å²) in [6.07, 6.45) is -0.0573. The van der Waals surface area contributed by atoms with Gasteiger partial charge in [-0.1, -0.05) is 13.8 Å². The molecule has 1 aromatic carbocycles. The largest absolute Gasteiger partial charge is 0.465 e. The van der Waals surface area contributed by atoms with Gasteiger partial charge in [0, 0.05) is 30.3 Å². The molecule has 2 aliphatic rings. The zero-order valence-electron chi connectivity index (χ0n) is 20.0. The lowest BCUT2D eigenvalue weighted by atomic mass is 10.00. The Morgan fingerprint density at radius 3 is 2.72 bits per heavy atom. The van der Waals surface area contributed by atoms with E-state index in [0.717, 1.165) is 17.3 Å². The summed E-state index contributed by atoms with van der Waals surface area (Å²) < 4.78 is 59.9. The van der Waals surface area contributed by atoms with Gasteiger partial charge in [0.2, 0.25) is 0 Å². The van der Waals surface area contributed by atoms with Crippen LogP contribution in [0.4, 0.5) is 29.1 Å². The standard InChI is InChI=1S/C25H27F4N5O2/c1-14(2)21-32-20-9-12-34(23-18(25(27,28)29)5-4-10-30-23)11-8-17(20)22(33-21)31-15-6-7-16(19(26)13-15)24(35)36-3/h4-7,9-10,12-14,21-22,31-33H,8,11H2,1-3H3. The fourth-order valence-electron chi connectivity index (χ4n) is 4.21. The summed E-state index contributed by atoms with van der Waals surface area (Å²) in [6.45, 7) is 4.29. The molecule has 0 radical (unpaired) electrons. The Labute approximate surface area is 206 Å². The maximum atomic E-state index is 14.5. The highest BCUT2D eigenvalue weighted by atomic mass is 19.4. The number of aromatic nitrogens is 1. The van der Waals surface area contributed by atoms with E-state index in [-0.39, 0.29) is 30.0 Å². The molecule has 0 saturated heterocycles. The van der Waals surface area contributed by atoms with Crippen molar-refractivity contribution >= 4 is 17.5 Å². The fraction of sp³-hybridized carbons (Fsp3) is 0.360. The van der Waals surface area contributed by atoms with Crippen LogP contribution in [0.1, 0.15) is 36.2 Å². The Morgan fingerprint density at radius 2 is 2.06 bits per heavy atom. The van der Waals surface area contributed by atoms with Crippen LogP contribution in [0.25, 0.3) is 0 Å². The minimum Gasteiger partial charge on any atom is -0.465 e. The summed E-state index contributed by atoms with van der Waals surface area (Å²) in [7, 11) is 1.18. The second-order valence-electron chi connectivity index (χ2n) is 8.87. The molecule has 0 fully saturated rings. The molecular formula is C25H27F4N5O2. The molecule has 2 unspecified atom stereocenters. The Balaban J connectivity index is 1.62. The molecule has 2 atom stereocenters. The molecule has 192 valence electrons. The number of carbonyl (C=O) groups is 1. The third-order valence-electron chi connectivity index (χ3n) is 6.11. The fourth-order valence-corrected chi connectivity index (χ4v) is 4.21. The van der Waals surface area contributed by atoms with Crippen molar-refractivity contribution in [3.05, 3.63) is 77.0 Å². The number of hydrogen-bond donors (Lipinski definition) is 3. The van der Waals surface area contributed by atoms with Gasteiger partial charge in [-0.25, -0.2) is 14.2 Å². The first-order valence-corrected chi connectivity index (χ1v) is 11.5. The zero-order valence-corrected chi connectivity index (χ0v) is 20.0. The molecule has 0 bridgehead atoms. The third kappa shape index (κ3) is 5.30. The number of halogens is 4. The van der Waals surface area contributed by atoms with Gasteiger partial charge in [-0.3, -0.25) is 5.32 Å². The van der Waals surface area contributed by atoms with E-state index in [2.05, 4.69) is 25.7 Å². The lowest BCUT2D eigenvalue weighted by Gasteiger charge is -2.38. The number of anilines is 2. The SMILES string of the molecule is COC(=O)c1ccc(NC2NC(C(C)C)NC3=C2CCN(c2ncccc2C(F)(F)F)C=C3)cc1F. The predicted octanol–water partition coefficient (Wildman–Crippen LogP) is 4.62. The highest BCUT2D eigenvalue weighted by Crippen LogP contribution is 2.36. The molecule has 0 amide bonds. The highest BCUT2D eigenvalue weighted by Gasteiger charge is 2.36. The third-order valence-corrected chi connectivity index (χ3v) is 6.11. The monoisotopic (exact) mass is 505 g/mol. The second-order valence-corrected chi connectivity index (χ2v) is 8.87. The molecule has 2 aliphatic heterocycles. The summed E-state index contributed by atoms with van der Waals surface area (Å²) >= 11 is 0. The summed E-state index contributed by atoms with van der Waals surface area (Å²) in [5, 5.41) is 10.1. The van der Waals surface area contributed by atoms with Gasteiger partial charge in [-0.2, -0.15) is 13.2 Å². The Hall–Kier alpha value is -3.60. The molecule has 3 heterocycles. The number of rotatable bonds is 5. The van der Waals surface area contributed by atoms with Gasteiger partial charge in [0.25, 0.3) is 0 Å². The number of ether oxygens (including phenoxy) is 1. The van der Waals surface area contributed by atoms with Crippen molar-refractivity contribution < 1.29 is 27.1 Å². The maximum Gasteiger partial charge on any atom is 0.419 e. The molecule has 1 aromatic heterocycles. The first-order chi connectivity index (χ1) is 17.1. The number of esters is 1. The smallest absolute Gasteiger partial charge is 0.419 e. The van der Waals surface area contributed by atoms with Crippen LogP contribution in [-0.2, 0) is 10.9 Å². The second kappa shape index (κ2) is 10.2. The van der Waals surface area contributed by atoms with Crippen LogP contribution in [-0.4, -0.2) is 36.9 Å². The van der Waals surface area contributed by atoms with Crippen molar-refractivity contribution in [3.8, 4) is 0 Å². The molecule has 3 N–H and O–H groups in total. The lowest BCUT2D eigenvalue weighted by Crippen LogP contribution is -2.57. The number of nitrogens with zero attached hydrogens (tertiary/aromatic N) is 2. The van der Waals surface area contributed by atoms with Crippen LogP contribution in [0.3, 0.4) is 0 Å². The van der Waals surface area contributed by atoms with Crippen molar-refractivity contribution in [2.45, 2.75) is 38.8 Å². The van der Waals surface area contributed by atoms with E-state index in [1.165, 1.54) is 36.4 Å². The van der Waals surface area contributed by atoms with E-state index < -0.39 is 29.7 Å². The van der Waals surface area contributed by atoms with E-state index >= 15 is 0 Å². The summed E-state index contributed by atoms with van der Waals surface area (Å²) in [4.78, 5) is 17.2. The highest BCUT2D eigenvalue weighted by molar-refractivity contribution is 5.90. The van der Waals surface area contributed by atoms with Gasteiger partial charge >= 0.3 is 12.1 Å². The van der Waals surface area contributed by atoms with Gasteiger partial charge in [0.1, 0.15) is 17.8 Å². The van der Waals surface area contributed by atoms with Crippen molar-refractivity contribution in [2.24, 2.45) is 5.92 Å². The molecular weight excluding hydrogens is 478 g/mol. The average Bonchev–Trinajstić information content (AvgIpc) is 3.06. The zero-order chi connectivity index (χ0) is 26.0. The minimum atomic E-state index is -4.54. The number of allylic oxidation sites excluding steroid dienone is 1. The molecule has 11 heteroatoms. The number of nitrogens with one attached hydrogen (secondary N) is 3. The number of carbonyl (C=O) groups excluding carboxylic acids is 1. The first kappa shape index (κ1) is 25.5.